The summed E-state index contributed by atoms with van der Waals surface area (Å²) >= 11 is 0. The van der Waals surface area contributed by atoms with Gasteiger partial charge in [-0.1, -0.05) is 30.3 Å². The van der Waals surface area contributed by atoms with Gasteiger partial charge in [0.2, 0.25) is 0 Å². The number of hydrogen-bond acceptors (Lipinski definition) is 4. The minimum atomic E-state index is -2.79. The van der Waals surface area contributed by atoms with Crippen LogP contribution in [0.5, 0.6) is 5.75 Å². The van der Waals surface area contributed by atoms with E-state index < -0.39 is 24.7 Å². The molecule has 0 saturated carbocycles. The number of para-hydroxylation sites is 3. The maximum Gasteiger partial charge on any atom is 0.348 e. The molecule has 2 heterocycles. The summed E-state index contributed by atoms with van der Waals surface area (Å²) in [5, 5.41) is 0. The lowest BCUT2D eigenvalue weighted by Crippen LogP contribution is -2.29. The summed E-state index contributed by atoms with van der Waals surface area (Å²) in [4.78, 5) is 16.6. The van der Waals surface area contributed by atoms with Crippen LogP contribution in [-0.4, -0.2) is 21.6 Å². The van der Waals surface area contributed by atoms with E-state index in [9.17, 15) is 13.6 Å². The van der Waals surface area contributed by atoms with Gasteiger partial charge in [0, 0.05) is 6.42 Å². The quantitative estimate of drug-likeness (QED) is 0.661. The van der Waals surface area contributed by atoms with E-state index in [0.717, 1.165) is 10.1 Å². The first kappa shape index (κ1) is 16.5. The van der Waals surface area contributed by atoms with Crippen molar-refractivity contribution in [2.24, 2.45) is 0 Å². The minimum Gasteiger partial charge on any atom is -0.478 e. The van der Waals surface area contributed by atoms with Gasteiger partial charge in [-0.25, -0.2) is 9.78 Å². The summed E-state index contributed by atoms with van der Waals surface area (Å²) in [6.45, 7) is -1.26. The number of benzene rings is 2. The molecule has 0 N–H and O–H groups in total. The van der Waals surface area contributed by atoms with Crippen molar-refractivity contribution in [3.8, 4) is 5.75 Å². The van der Waals surface area contributed by atoms with E-state index in [-0.39, 0.29) is 5.82 Å². The molecule has 1 aliphatic heterocycles. The van der Waals surface area contributed by atoms with Gasteiger partial charge in [0.15, 0.2) is 18.0 Å². The molecule has 0 spiro atoms. The molecule has 0 bridgehead atoms. The predicted molar refractivity (Wildman–Crippen MR) is 90.1 cm³/mol. The lowest BCUT2D eigenvalue weighted by atomic mass is 10.1. The Morgan fingerprint density at radius 2 is 1.96 bits per heavy atom. The zero-order valence-corrected chi connectivity index (χ0v) is 13.9. The van der Waals surface area contributed by atoms with Gasteiger partial charge in [-0.3, -0.25) is 4.57 Å². The molecule has 26 heavy (non-hydrogen) atoms. The van der Waals surface area contributed by atoms with Gasteiger partial charge in [0.25, 0.3) is 0 Å². The van der Waals surface area contributed by atoms with Crippen molar-refractivity contribution in [1.29, 1.82) is 0 Å². The van der Waals surface area contributed by atoms with Crippen LogP contribution in [0.3, 0.4) is 0 Å². The fourth-order valence-electron chi connectivity index (χ4n) is 3.17. The SMILES string of the molecule is CC(OC(=O)C1Cc2ccccc2O1)c1nc2ccccc2n1C(F)F. The predicted octanol–water partition coefficient (Wildman–Crippen LogP) is 4.04. The zero-order chi connectivity index (χ0) is 18.3. The molecule has 1 aromatic heterocycles. The third-order valence-electron chi connectivity index (χ3n) is 4.38. The van der Waals surface area contributed by atoms with E-state index in [1.807, 2.05) is 18.2 Å². The Labute approximate surface area is 148 Å². The Morgan fingerprint density at radius 1 is 1.23 bits per heavy atom. The molecule has 0 fully saturated rings. The molecular weight excluding hydrogens is 342 g/mol. The van der Waals surface area contributed by atoms with Gasteiger partial charge in [0.05, 0.1) is 11.0 Å². The fraction of sp³-hybridized carbons (Fsp3) is 0.263. The van der Waals surface area contributed by atoms with Gasteiger partial charge < -0.3 is 9.47 Å². The molecular formula is C19H16F2N2O3. The van der Waals surface area contributed by atoms with Crippen molar-refractivity contribution >= 4 is 17.0 Å². The highest BCUT2D eigenvalue weighted by atomic mass is 19.3. The van der Waals surface area contributed by atoms with E-state index >= 15 is 0 Å². The van der Waals surface area contributed by atoms with Crippen LogP contribution in [-0.2, 0) is 16.0 Å². The highest BCUT2D eigenvalue weighted by Gasteiger charge is 2.33. The number of alkyl halides is 2. The molecule has 0 amide bonds. The van der Waals surface area contributed by atoms with E-state index in [4.69, 9.17) is 9.47 Å². The highest BCUT2D eigenvalue weighted by Crippen LogP contribution is 2.31. The van der Waals surface area contributed by atoms with Crippen LogP contribution in [0.15, 0.2) is 48.5 Å². The van der Waals surface area contributed by atoms with Gasteiger partial charge in [0.1, 0.15) is 5.75 Å². The summed E-state index contributed by atoms with van der Waals surface area (Å²) in [5.41, 5.74) is 1.64. The molecule has 0 saturated heterocycles. The Hall–Kier alpha value is -2.96. The first-order valence-corrected chi connectivity index (χ1v) is 8.24. The van der Waals surface area contributed by atoms with Gasteiger partial charge in [-0.2, -0.15) is 8.78 Å². The minimum absolute atomic E-state index is 0.00469. The molecule has 2 atom stereocenters. The van der Waals surface area contributed by atoms with Crippen LogP contribution >= 0.6 is 0 Å². The molecule has 7 heteroatoms. The van der Waals surface area contributed by atoms with Gasteiger partial charge in [-0.05, 0) is 30.7 Å². The summed E-state index contributed by atoms with van der Waals surface area (Å²) in [7, 11) is 0. The standard InChI is InChI=1S/C19H16F2N2O3/c1-11(17-22-13-7-3-4-8-14(13)23(17)19(20)21)25-18(24)16-10-12-6-2-5-9-15(12)26-16/h2-9,11,16,19H,10H2,1H3. The number of fused-ring (bicyclic) bond motifs is 2. The van der Waals surface area contributed by atoms with Crippen molar-refractivity contribution in [2.75, 3.05) is 0 Å². The number of hydrogen-bond donors (Lipinski definition) is 0. The number of rotatable bonds is 4. The average molecular weight is 358 g/mol. The van der Waals surface area contributed by atoms with E-state index in [2.05, 4.69) is 4.98 Å². The maximum atomic E-state index is 13.5. The second kappa shape index (κ2) is 6.40. The number of carbonyl (C=O) groups excluding carboxylic acids is 1. The van der Waals surface area contributed by atoms with Crippen molar-refractivity contribution in [3.05, 3.63) is 59.9 Å². The first-order valence-electron chi connectivity index (χ1n) is 8.24. The third-order valence-corrected chi connectivity index (χ3v) is 4.38. The number of aromatic nitrogens is 2. The van der Waals surface area contributed by atoms with Gasteiger partial charge in [-0.15, -0.1) is 0 Å². The second-order valence-electron chi connectivity index (χ2n) is 6.10. The number of esters is 1. The van der Waals surface area contributed by atoms with Crippen molar-refractivity contribution < 1.29 is 23.0 Å². The third kappa shape index (κ3) is 2.79. The van der Waals surface area contributed by atoms with Crippen LogP contribution in [0.4, 0.5) is 8.78 Å². The normalized spacial score (nSPS) is 17.2. The summed E-state index contributed by atoms with van der Waals surface area (Å²) in [6.07, 6.45) is -1.32. The first-order chi connectivity index (χ1) is 12.5. The molecule has 2 unspecified atom stereocenters. The highest BCUT2D eigenvalue weighted by molar-refractivity contribution is 5.78. The number of halogens is 2. The lowest BCUT2D eigenvalue weighted by molar-refractivity contribution is -0.156. The van der Waals surface area contributed by atoms with Crippen LogP contribution in [0, 0.1) is 0 Å². The molecule has 0 aliphatic carbocycles. The molecule has 4 rings (SSSR count). The summed E-state index contributed by atoms with van der Waals surface area (Å²) < 4.78 is 38.8. The fourth-order valence-corrected chi connectivity index (χ4v) is 3.17. The molecule has 134 valence electrons. The van der Waals surface area contributed by atoms with Crippen LogP contribution in [0.2, 0.25) is 0 Å². The van der Waals surface area contributed by atoms with Crippen molar-refractivity contribution in [3.63, 3.8) is 0 Å². The summed E-state index contributed by atoms with van der Waals surface area (Å²) in [5.74, 6) is 0.0496. The Bertz CT molecular complexity index is 945. The maximum absolute atomic E-state index is 13.5. The van der Waals surface area contributed by atoms with E-state index in [1.54, 1.807) is 30.3 Å². The Balaban J connectivity index is 1.55. The molecule has 5 nitrogen and oxygen atoms in total. The van der Waals surface area contributed by atoms with Crippen molar-refractivity contribution in [1.82, 2.24) is 9.55 Å². The number of imidazole rings is 1. The largest absolute Gasteiger partial charge is 0.478 e. The van der Waals surface area contributed by atoms with Crippen LogP contribution in [0.1, 0.15) is 31.0 Å². The molecule has 3 aromatic rings. The second-order valence-corrected chi connectivity index (χ2v) is 6.10. The number of nitrogens with zero attached hydrogens (tertiary/aromatic N) is 2. The average Bonchev–Trinajstić information content (AvgIpc) is 3.23. The smallest absolute Gasteiger partial charge is 0.348 e. The molecule has 0 radical (unpaired) electrons. The number of carbonyl (C=O) groups is 1. The number of ether oxygens (including phenoxy) is 2. The van der Waals surface area contributed by atoms with Crippen LogP contribution in [0.25, 0.3) is 11.0 Å². The van der Waals surface area contributed by atoms with E-state index in [1.165, 1.54) is 6.92 Å². The van der Waals surface area contributed by atoms with Crippen molar-refractivity contribution in [2.45, 2.75) is 32.1 Å². The Kier molecular flexibility index (Phi) is 4.06. The summed E-state index contributed by atoms with van der Waals surface area (Å²) in [6, 6.07) is 13.9. The van der Waals surface area contributed by atoms with Gasteiger partial charge >= 0.3 is 12.5 Å². The zero-order valence-electron chi connectivity index (χ0n) is 13.9. The van der Waals surface area contributed by atoms with E-state index in [0.29, 0.717) is 23.2 Å². The lowest BCUT2D eigenvalue weighted by Gasteiger charge is -2.17. The van der Waals surface area contributed by atoms with Crippen LogP contribution < -0.4 is 4.74 Å². The topological polar surface area (TPSA) is 53.4 Å². The monoisotopic (exact) mass is 358 g/mol. The molecule has 1 aliphatic rings. The molecule has 2 aromatic carbocycles. The Morgan fingerprint density at radius 3 is 2.73 bits per heavy atom.